The molecule has 1 heterocycles. The van der Waals surface area contributed by atoms with Gasteiger partial charge in [-0.3, -0.25) is 0 Å². The Balaban J connectivity index is 1.24. The summed E-state index contributed by atoms with van der Waals surface area (Å²) in [4.78, 5) is 2.60. The van der Waals surface area contributed by atoms with Gasteiger partial charge in [0.05, 0.1) is 6.61 Å². The molecular formula is C24H32N2O. The zero-order valence-corrected chi connectivity index (χ0v) is 16.5. The van der Waals surface area contributed by atoms with Crippen molar-refractivity contribution >= 4 is 0 Å². The van der Waals surface area contributed by atoms with Crippen LogP contribution in [0.2, 0.25) is 0 Å². The molecule has 2 N–H and O–H groups in total. The van der Waals surface area contributed by atoms with Crippen molar-refractivity contribution in [2.45, 2.75) is 45.1 Å². The monoisotopic (exact) mass is 364 g/mol. The first-order valence-electron chi connectivity index (χ1n) is 10.4. The van der Waals surface area contributed by atoms with Gasteiger partial charge in [0.1, 0.15) is 5.75 Å². The van der Waals surface area contributed by atoms with Crippen molar-refractivity contribution in [3.8, 4) is 16.9 Å². The van der Waals surface area contributed by atoms with E-state index < -0.39 is 0 Å². The van der Waals surface area contributed by atoms with Crippen LogP contribution in [-0.2, 0) is 0 Å². The number of piperidine rings is 1. The fraction of sp³-hybridized carbons (Fsp3) is 0.500. The largest absolute Gasteiger partial charge is 0.493 e. The number of hydrogen-bond donors (Lipinski definition) is 1. The lowest BCUT2D eigenvalue weighted by molar-refractivity contribution is 0.0168. The number of rotatable bonds is 6. The quantitative estimate of drug-likeness (QED) is 0.759. The molecule has 0 unspecified atom stereocenters. The molecule has 1 spiro atoms. The average Bonchev–Trinajstić information content (AvgIpc) is 2.67. The SMILES string of the molecule is Cc1c(OCCCN2CCC3(CC2)CC(N)C3)cccc1-c1ccccc1. The summed E-state index contributed by atoms with van der Waals surface area (Å²) in [6.45, 7) is 6.54. The molecule has 1 aliphatic carbocycles. The van der Waals surface area contributed by atoms with Gasteiger partial charge < -0.3 is 15.4 Å². The molecule has 0 atom stereocenters. The molecule has 0 bridgehead atoms. The Morgan fingerprint density at radius 2 is 1.78 bits per heavy atom. The third-order valence-corrected chi connectivity index (χ3v) is 6.55. The van der Waals surface area contributed by atoms with E-state index in [2.05, 4.69) is 60.4 Å². The summed E-state index contributed by atoms with van der Waals surface area (Å²) in [6, 6.07) is 17.4. The highest BCUT2D eigenvalue weighted by atomic mass is 16.5. The second kappa shape index (κ2) is 8.04. The van der Waals surface area contributed by atoms with Gasteiger partial charge in [-0.15, -0.1) is 0 Å². The normalized spacial score (nSPS) is 19.8. The molecular weight excluding hydrogens is 332 g/mol. The van der Waals surface area contributed by atoms with Gasteiger partial charge in [-0.05, 0) is 80.3 Å². The number of nitrogens with zero attached hydrogens (tertiary/aromatic N) is 1. The molecule has 27 heavy (non-hydrogen) atoms. The van der Waals surface area contributed by atoms with Crippen molar-refractivity contribution in [1.29, 1.82) is 0 Å². The summed E-state index contributed by atoms with van der Waals surface area (Å²) >= 11 is 0. The molecule has 3 heteroatoms. The molecule has 4 rings (SSSR count). The number of hydrogen-bond acceptors (Lipinski definition) is 3. The Kier molecular flexibility index (Phi) is 5.51. The van der Waals surface area contributed by atoms with Crippen molar-refractivity contribution in [1.82, 2.24) is 4.90 Å². The number of nitrogens with two attached hydrogens (primary N) is 1. The van der Waals surface area contributed by atoms with Crippen molar-refractivity contribution in [3.05, 3.63) is 54.1 Å². The van der Waals surface area contributed by atoms with Crippen LogP contribution in [0.15, 0.2) is 48.5 Å². The molecule has 1 saturated heterocycles. The molecule has 2 aromatic rings. The standard InChI is InChI=1S/C24H32N2O/c1-19-22(20-7-3-2-4-8-20)9-5-10-23(19)27-16-6-13-26-14-11-24(12-15-26)17-21(25)18-24/h2-5,7-10,21H,6,11-18,25H2,1H3. The summed E-state index contributed by atoms with van der Waals surface area (Å²) in [5.41, 5.74) is 10.3. The lowest BCUT2D eigenvalue weighted by Crippen LogP contribution is -2.52. The van der Waals surface area contributed by atoms with E-state index in [0.29, 0.717) is 11.5 Å². The van der Waals surface area contributed by atoms with Crippen LogP contribution in [0.1, 0.15) is 37.7 Å². The lowest BCUT2D eigenvalue weighted by atomic mass is 9.61. The van der Waals surface area contributed by atoms with Crippen molar-refractivity contribution < 1.29 is 4.74 Å². The van der Waals surface area contributed by atoms with Crippen LogP contribution in [0.3, 0.4) is 0 Å². The molecule has 2 aromatic carbocycles. The van der Waals surface area contributed by atoms with Gasteiger partial charge in [-0.1, -0.05) is 42.5 Å². The lowest BCUT2D eigenvalue weighted by Gasteiger charge is -2.51. The Labute approximate surface area is 163 Å². The number of benzene rings is 2. The van der Waals surface area contributed by atoms with E-state index in [1.165, 1.54) is 55.5 Å². The van der Waals surface area contributed by atoms with E-state index in [0.717, 1.165) is 25.3 Å². The fourth-order valence-corrected chi connectivity index (χ4v) is 4.88. The minimum absolute atomic E-state index is 0.472. The number of likely N-dealkylation sites (tertiary alicyclic amines) is 1. The summed E-state index contributed by atoms with van der Waals surface area (Å²) in [5, 5.41) is 0. The molecule has 0 amide bonds. The first kappa shape index (κ1) is 18.5. The van der Waals surface area contributed by atoms with E-state index in [1.807, 2.05) is 0 Å². The number of ether oxygens (including phenoxy) is 1. The predicted octanol–water partition coefficient (Wildman–Crippen LogP) is 4.63. The van der Waals surface area contributed by atoms with Crippen molar-refractivity contribution in [2.24, 2.45) is 11.1 Å². The molecule has 2 aliphatic rings. The highest BCUT2D eigenvalue weighted by Gasteiger charge is 2.43. The van der Waals surface area contributed by atoms with Crippen LogP contribution >= 0.6 is 0 Å². The second-order valence-electron chi connectivity index (χ2n) is 8.51. The van der Waals surface area contributed by atoms with E-state index in [4.69, 9.17) is 10.5 Å². The maximum Gasteiger partial charge on any atom is 0.122 e. The average molecular weight is 365 g/mol. The zero-order valence-electron chi connectivity index (χ0n) is 16.5. The van der Waals surface area contributed by atoms with Gasteiger partial charge >= 0.3 is 0 Å². The van der Waals surface area contributed by atoms with Crippen molar-refractivity contribution in [2.75, 3.05) is 26.2 Å². The van der Waals surface area contributed by atoms with E-state index >= 15 is 0 Å². The highest BCUT2D eigenvalue weighted by Crippen LogP contribution is 2.48. The van der Waals surface area contributed by atoms with Gasteiger partial charge in [-0.2, -0.15) is 0 Å². The molecule has 0 radical (unpaired) electrons. The molecule has 0 aromatic heterocycles. The van der Waals surface area contributed by atoms with Crippen LogP contribution in [0.25, 0.3) is 11.1 Å². The smallest absolute Gasteiger partial charge is 0.122 e. The van der Waals surface area contributed by atoms with Crippen LogP contribution in [0, 0.1) is 12.3 Å². The first-order valence-corrected chi connectivity index (χ1v) is 10.4. The van der Waals surface area contributed by atoms with Crippen LogP contribution < -0.4 is 10.5 Å². The molecule has 144 valence electrons. The molecule has 2 fully saturated rings. The summed E-state index contributed by atoms with van der Waals surface area (Å²) in [6.07, 6.45) is 6.25. The molecule has 1 saturated carbocycles. The fourth-order valence-electron chi connectivity index (χ4n) is 4.88. The second-order valence-corrected chi connectivity index (χ2v) is 8.51. The van der Waals surface area contributed by atoms with Crippen LogP contribution in [0.5, 0.6) is 5.75 Å². The first-order chi connectivity index (χ1) is 13.2. The maximum absolute atomic E-state index is 6.13. The minimum atomic E-state index is 0.472. The zero-order chi connectivity index (χ0) is 18.7. The van der Waals surface area contributed by atoms with Gasteiger partial charge in [0.25, 0.3) is 0 Å². The van der Waals surface area contributed by atoms with Crippen LogP contribution in [-0.4, -0.2) is 37.2 Å². The van der Waals surface area contributed by atoms with Crippen LogP contribution in [0.4, 0.5) is 0 Å². The summed E-state index contributed by atoms with van der Waals surface area (Å²) < 4.78 is 6.13. The minimum Gasteiger partial charge on any atom is -0.493 e. The Hall–Kier alpha value is -1.84. The van der Waals surface area contributed by atoms with E-state index in [1.54, 1.807) is 0 Å². The van der Waals surface area contributed by atoms with Gasteiger partial charge in [0, 0.05) is 12.6 Å². The van der Waals surface area contributed by atoms with Gasteiger partial charge in [0.15, 0.2) is 0 Å². The molecule has 3 nitrogen and oxygen atoms in total. The van der Waals surface area contributed by atoms with E-state index in [-0.39, 0.29) is 0 Å². The van der Waals surface area contributed by atoms with Crippen molar-refractivity contribution in [3.63, 3.8) is 0 Å². The summed E-state index contributed by atoms with van der Waals surface area (Å²) in [7, 11) is 0. The Morgan fingerprint density at radius 1 is 1.04 bits per heavy atom. The van der Waals surface area contributed by atoms with Gasteiger partial charge in [0.2, 0.25) is 0 Å². The molecule has 1 aliphatic heterocycles. The third kappa shape index (κ3) is 4.20. The van der Waals surface area contributed by atoms with E-state index in [9.17, 15) is 0 Å². The van der Waals surface area contributed by atoms with Gasteiger partial charge in [-0.25, -0.2) is 0 Å². The highest BCUT2D eigenvalue weighted by molar-refractivity contribution is 5.69. The third-order valence-electron chi connectivity index (χ3n) is 6.55. The topological polar surface area (TPSA) is 38.5 Å². The summed E-state index contributed by atoms with van der Waals surface area (Å²) in [5.74, 6) is 1.01. The predicted molar refractivity (Wildman–Crippen MR) is 112 cm³/mol. The maximum atomic E-state index is 6.13. The Bertz CT molecular complexity index is 742. The Morgan fingerprint density at radius 3 is 2.48 bits per heavy atom.